The Bertz CT molecular complexity index is 309. The van der Waals surface area contributed by atoms with Crippen molar-refractivity contribution in [3.8, 4) is 0 Å². The molecule has 0 unspecified atom stereocenters. The summed E-state index contributed by atoms with van der Waals surface area (Å²) in [5.74, 6) is 0.488. The predicted octanol–water partition coefficient (Wildman–Crippen LogP) is 3.01. The number of rotatable bonds is 1. The van der Waals surface area contributed by atoms with E-state index in [-0.39, 0.29) is 17.0 Å². The van der Waals surface area contributed by atoms with E-state index >= 15 is 0 Å². The van der Waals surface area contributed by atoms with E-state index in [1.165, 1.54) is 0 Å². The number of carbonyl (C=O) groups is 1. The van der Waals surface area contributed by atoms with E-state index in [4.69, 9.17) is 4.74 Å². The maximum Gasteiger partial charge on any atom is 0.413 e. The van der Waals surface area contributed by atoms with Gasteiger partial charge >= 0.3 is 6.09 Å². The summed E-state index contributed by atoms with van der Waals surface area (Å²) >= 11 is 0. The van der Waals surface area contributed by atoms with Crippen LogP contribution in [0.15, 0.2) is 24.4 Å². The van der Waals surface area contributed by atoms with Crippen molar-refractivity contribution < 1.29 is 9.53 Å². The number of nitrogens with one attached hydrogen (secondary N) is 1. The van der Waals surface area contributed by atoms with Crippen molar-refractivity contribution in [2.75, 3.05) is 5.32 Å². The fraction of sp³-hybridized carbons (Fsp3) is 0.400. The number of amides is 1. The molecular weight excluding hydrogens is 260 g/mol. The lowest BCUT2D eigenvalue weighted by Gasteiger charge is -2.19. The first-order valence-electron chi connectivity index (χ1n) is 4.38. The predicted molar refractivity (Wildman–Crippen MR) is 64.4 cm³/mol. The molecule has 0 bridgehead atoms. The van der Waals surface area contributed by atoms with Gasteiger partial charge in [-0.05, 0) is 32.9 Å². The first-order chi connectivity index (χ1) is 6.47. The minimum absolute atomic E-state index is 0. The summed E-state index contributed by atoms with van der Waals surface area (Å²) in [6.07, 6.45) is 1.11. The first kappa shape index (κ1) is 13.9. The van der Waals surface area contributed by atoms with Gasteiger partial charge in [0.15, 0.2) is 0 Å². The molecule has 0 aliphatic heterocycles. The molecule has 1 aromatic heterocycles. The van der Waals surface area contributed by atoms with Gasteiger partial charge in [-0.15, -0.1) is 17.0 Å². The zero-order valence-corrected chi connectivity index (χ0v) is 10.7. The maximum atomic E-state index is 11.3. The SMILES string of the molecule is Br.CC(C)(C)OC(=O)Nc1ccccn1. The van der Waals surface area contributed by atoms with Crippen molar-refractivity contribution in [3.05, 3.63) is 24.4 Å². The van der Waals surface area contributed by atoms with E-state index < -0.39 is 11.7 Å². The number of hydrogen-bond donors (Lipinski definition) is 1. The molecule has 5 heteroatoms. The maximum absolute atomic E-state index is 11.3. The van der Waals surface area contributed by atoms with E-state index in [9.17, 15) is 4.79 Å². The highest BCUT2D eigenvalue weighted by Crippen LogP contribution is 2.09. The number of hydrogen-bond acceptors (Lipinski definition) is 3. The van der Waals surface area contributed by atoms with E-state index in [0.717, 1.165) is 0 Å². The van der Waals surface area contributed by atoms with Crippen molar-refractivity contribution >= 4 is 28.9 Å². The monoisotopic (exact) mass is 274 g/mol. The third-order valence-electron chi connectivity index (χ3n) is 1.29. The minimum Gasteiger partial charge on any atom is -0.444 e. The van der Waals surface area contributed by atoms with Crippen molar-refractivity contribution in [2.24, 2.45) is 0 Å². The second-order valence-corrected chi connectivity index (χ2v) is 3.84. The summed E-state index contributed by atoms with van der Waals surface area (Å²) in [5.41, 5.74) is -0.487. The van der Waals surface area contributed by atoms with Crippen LogP contribution in [0, 0.1) is 0 Å². The Morgan fingerprint density at radius 1 is 1.40 bits per heavy atom. The van der Waals surface area contributed by atoms with Gasteiger partial charge < -0.3 is 4.74 Å². The average molecular weight is 275 g/mol. The molecule has 84 valence electrons. The summed E-state index contributed by atoms with van der Waals surface area (Å²) in [7, 11) is 0. The van der Waals surface area contributed by atoms with Gasteiger partial charge in [0.05, 0.1) is 0 Å². The second kappa shape index (κ2) is 5.70. The van der Waals surface area contributed by atoms with Gasteiger partial charge in [0.25, 0.3) is 0 Å². The molecule has 0 aliphatic rings. The fourth-order valence-corrected chi connectivity index (χ4v) is 0.845. The Labute approximate surface area is 99.8 Å². The van der Waals surface area contributed by atoms with E-state index in [0.29, 0.717) is 5.82 Å². The van der Waals surface area contributed by atoms with Gasteiger partial charge in [-0.2, -0.15) is 0 Å². The largest absolute Gasteiger partial charge is 0.444 e. The fourth-order valence-electron chi connectivity index (χ4n) is 0.845. The Hall–Kier alpha value is -1.10. The normalized spacial score (nSPS) is 10.1. The molecule has 0 atom stereocenters. The van der Waals surface area contributed by atoms with E-state index in [2.05, 4.69) is 10.3 Å². The molecule has 1 rings (SSSR count). The van der Waals surface area contributed by atoms with Gasteiger partial charge in [-0.25, -0.2) is 9.78 Å². The van der Waals surface area contributed by atoms with Crippen molar-refractivity contribution in [3.63, 3.8) is 0 Å². The van der Waals surface area contributed by atoms with E-state index in [1.54, 1.807) is 24.4 Å². The quantitative estimate of drug-likeness (QED) is 0.857. The molecular formula is C10H15BrN2O2. The number of aromatic nitrogens is 1. The molecule has 15 heavy (non-hydrogen) atoms. The van der Waals surface area contributed by atoms with Crippen LogP contribution in [0.4, 0.5) is 10.6 Å². The van der Waals surface area contributed by atoms with Crippen LogP contribution < -0.4 is 5.32 Å². The smallest absolute Gasteiger partial charge is 0.413 e. The molecule has 0 fully saturated rings. The van der Waals surface area contributed by atoms with Gasteiger partial charge in [-0.1, -0.05) is 6.07 Å². The van der Waals surface area contributed by atoms with Crippen LogP contribution in [0.25, 0.3) is 0 Å². The standard InChI is InChI=1S/C10H14N2O2.BrH/c1-10(2,3)14-9(13)12-8-6-4-5-7-11-8;/h4-7H,1-3H3,(H,11,12,13);1H. The van der Waals surface area contributed by atoms with Crippen LogP contribution in [0.1, 0.15) is 20.8 Å². The van der Waals surface area contributed by atoms with Crippen LogP contribution in [-0.2, 0) is 4.74 Å². The lowest BCUT2D eigenvalue weighted by molar-refractivity contribution is 0.0635. The Morgan fingerprint density at radius 2 is 2.07 bits per heavy atom. The molecule has 4 nitrogen and oxygen atoms in total. The molecule has 0 aliphatic carbocycles. The average Bonchev–Trinajstić information content (AvgIpc) is 2.02. The highest BCUT2D eigenvalue weighted by molar-refractivity contribution is 8.93. The van der Waals surface area contributed by atoms with Gasteiger partial charge in [0.2, 0.25) is 0 Å². The summed E-state index contributed by atoms with van der Waals surface area (Å²) in [6, 6.07) is 5.27. The van der Waals surface area contributed by atoms with Crippen molar-refractivity contribution in [2.45, 2.75) is 26.4 Å². The molecule has 0 saturated heterocycles. The number of halogens is 1. The molecule has 0 radical (unpaired) electrons. The Balaban J connectivity index is 0.00000196. The molecule has 1 N–H and O–H groups in total. The number of pyridine rings is 1. The van der Waals surface area contributed by atoms with Crippen molar-refractivity contribution in [1.29, 1.82) is 0 Å². The number of ether oxygens (including phenoxy) is 1. The highest BCUT2D eigenvalue weighted by atomic mass is 79.9. The van der Waals surface area contributed by atoms with Crippen LogP contribution in [-0.4, -0.2) is 16.7 Å². The lowest BCUT2D eigenvalue weighted by Crippen LogP contribution is -2.27. The zero-order chi connectivity index (χ0) is 10.6. The van der Waals surface area contributed by atoms with Gasteiger partial charge in [0, 0.05) is 6.20 Å². The summed E-state index contributed by atoms with van der Waals surface area (Å²) in [6.45, 7) is 5.43. The van der Waals surface area contributed by atoms with Gasteiger partial charge in [0.1, 0.15) is 11.4 Å². The minimum atomic E-state index is -0.490. The number of nitrogens with zero attached hydrogens (tertiary/aromatic N) is 1. The highest BCUT2D eigenvalue weighted by Gasteiger charge is 2.16. The Morgan fingerprint density at radius 3 is 2.53 bits per heavy atom. The third-order valence-corrected chi connectivity index (χ3v) is 1.29. The van der Waals surface area contributed by atoms with Crippen molar-refractivity contribution in [1.82, 2.24) is 4.98 Å². The van der Waals surface area contributed by atoms with Crippen LogP contribution >= 0.6 is 17.0 Å². The van der Waals surface area contributed by atoms with Gasteiger partial charge in [-0.3, -0.25) is 5.32 Å². The molecule has 1 amide bonds. The molecule has 0 saturated carbocycles. The first-order valence-corrected chi connectivity index (χ1v) is 4.38. The molecule has 1 aromatic rings. The Kier molecular flexibility index (Phi) is 5.28. The van der Waals surface area contributed by atoms with Crippen LogP contribution in [0.3, 0.4) is 0 Å². The summed E-state index contributed by atoms with van der Waals surface area (Å²) in [5, 5.41) is 2.53. The topological polar surface area (TPSA) is 51.2 Å². The number of carbonyl (C=O) groups excluding carboxylic acids is 1. The number of anilines is 1. The zero-order valence-electron chi connectivity index (χ0n) is 8.98. The summed E-state index contributed by atoms with van der Waals surface area (Å²) in [4.78, 5) is 15.2. The molecule has 0 spiro atoms. The van der Waals surface area contributed by atoms with Crippen LogP contribution in [0.5, 0.6) is 0 Å². The summed E-state index contributed by atoms with van der Waals surface area (Å²) < 4.78 is 5.05. The van der Waals surface area contributed by atoms with E-state index in [1.807, 2.05) is 20.8 Å². The second-order valence-electron chi connectivity index (χ2n) is 3.84. The van der Waals surface area contributed by atoms with Crippen LogP contribution in [0.2, 0.25) is 0 Å². The third kappa shape index (κ3) is 6.06. The lowest BCUT2D eigenvalue weighted by atomic mass is 10.2. The molecule has 1 heterocycles. The molecule has 0 aromatic carbocycles.